The number of hydrogen-bond donors (Lipinski definition) is 1. The number of piperidine rings is 1. The lowest BCUT2D eigenvalue weighted by molar-refractivity contribution is 0.323. The average molecular weight is 247 g/mol. The van der Waals surface area contributed by atoms with Crippen molar-refractivity contribution >= 4 is 5.69 Å². The van der Waals surface area contributed by atoms with Gasteiger partial charge in [-0.1, -0.05) is 20.8 Å². The predicted molar refractivity (Wildman–Crippen MR) is 76.8 cm³/mol. The van der Waals surface area contributed by atoms with Crippen LogP contribution in [-0.2, 0) is 6.54 Å². The predicted octanol–water partition coefficient (Wildman–Crippen LogP) is 2.67. The van der Waals surface area contributed by atoms with Crippen LogP contribution in [0.3, 0.4) is 0 Å². The van der Waals surface area contributed by atoms with E-state index in [1.165, 1.54) is 30.8 Å². The molecule has 3 heteroatoms. The summed E-state index contributed by atoms with van der Waals surface area (Å²) in [5.74, 6) is 1.62. The molecular weight excluding hydrogens is 222 g/mol. The molecule has 100 valence electrons. The van der Waals surface area contributed by atoms with Gasteiger partial charge < -0.3 is 10.2 Å². The van der Waals surface area contributed by atoms with Crippen molar-refractivity contribution in [1.82, 2.24) is 10.3 Å². The van der Waals surface area contributed by atoms with Crippen molar-refractivity contribution in [2.45, 2.75) is 33.7 Å². The molecule has 0 spiro atoms. The summed E-state index contributed by atoms with van der Waals surface area (Å²) in [6.45, 7) is 11.1. The van der Waals surface area contributed by atoms with Gasteiger partial charge in [0, 0.05) is 43.3 Å². The Morgan fingerprint density at radius 1 is 1.39 bits per heavy atom. The van der Waals surface area contributed by atoms with E-state index in [2.05, 4.69) is 42.0 Å². The highest BCUT2D eigenvalue weighted by Gasteiger charge is 2.23. The molecule has 0 radical (unpaired) electrons. The third-order valence-corrected chi connectivity index (χ3v) is 4.12. The molecule has 2 heterocycles. The van der Waals surface area contributed by atoms with Crippen molar-refractivity contribution in [2.75, 3.05) is 24.5 Å². The zero-order valence-electron chi connectivity index (χ0n) is 11.8. The summed E-state index contributed by atoms with van der Waals surface area (Å²) in [5.41, 5.74) is 2.69. The molecule has 1 aromatic rings. The Kier molecular flexibility index (Phi) is 4.59. The SMILES string of the molecule is CCNCc1cnccc1N1CCC(C)C(C)C1. The fourth-order valence-corrected chi connectivity index (χ4v) is 2.61. The average Bonchev–Trinajstić information content (AvgIpc) is 2.40. The number of pyridine rings is 1. The monoisotopic (exact) mass is 247 g/mol. The molecule has 1 aliphatic heterocycles. The zero-order valence-corrected chi connectivity index (χ0v) is 11.8. The molecule has 0 saturated carbocycles. The van der Waals surface area contributed by atoms with E-state index in [4.69, 9.17) is 0 Å². The summed E-state index contributed by atoms with van der Waals surface area (Å²) < 4.78 is 0. The van der Waals surface area contributed by atoms with Crippen LogP contribution < -0.4 is 10.2 Å². The Bertz CT molecular complexity index is 378. The maximum absolute atomic E-state index is 4.26. The van der Waals surface area contributed by atoms with Gasteiger partial charge in [0.2, 0.25) is 0 Å². The molecule has 0 amide bonds. The molecule has 1 saturated heterocycles. The van der Waals surface area contributed by atoms with Gasteiger partial charge >= 0.3 is 0 Å². The van der Waals surface area contributed by atoms with Gasteiger partial charge in [-0.2, -0.15) is 0 Å². The van der Waals surface area contributed by atoms with Crippen molar-refractivity contribution in [3.05, 3.63) is 24.0 Å². The van der Waals surface area contributed by atoms with Crippen LogP contribution in [0, 0.1) is 11.8 Å². The largest absolute Gasteiger partial charge is 0.371 e. The number of aromatic nitrogens is 1. The molecule has 2 unspecified atom stereocenters. The fraction of sp³-hybridized carbons (Fsp3) is 0.667. The highest BCUT2D eigenvalue weighted by molar-refractivity contribution is 5.52. The quantitative estimate of drug-likeness (QED) is 0.886. The summed E-state index contributed by atoms with van der Waals surface area (Å²) in [6.07, 6.45) is 5.21. The Morgan fingerprint density at radius 3 is 2.94 bits per heavy atom. The summed E-state index contributed by atoms with van der Waals surface area (Å²) in [7, 11) is 0. The van der Waals surface area contributed by atoms with E-state index < -0.39 is 0 Å². The number of hydrogen-bond acceptors (Lipinski definition) is 3. The van der Waals surface area contributed by atoms with Gasteiger partial charge in [0.15, 0.2) is 0 Å². The third-order valence-electron chi connectivity index (χ3n) is 4.12. The second kappa shape index (κ2) is 6.19. The fourth-order valence-electron chi connectivity index (χ4n) is 2.61. The van der Waals surface area contributed by atoms with Crippen LogP contribution in [0.5, 0.6) is 0 Å². The first kappa shape index (κ1) is 13.3. The van der Waals surface area contributed by atoms with Gasteiger partial charge in [-0.15, -0.1) is 0 Å². The van der Waals surface area contributed by atoms with Gasteiger partial charge in [0.25, 0.3) is 0 Å². The minimum Gasteiger partial charge on any atom is -0.371 e. The highest BCUT2D eigenvalue weighted by atomic mass is 15.1. The molecule has 0 bridgehead atoms. The third kappa shape index (κ3) is 3.02. The van der Waals surface area contributed by atoms with E-state index in [1.807, 2.05) is 12.4 Å². The van der Waals surface area contributed by atoms with Gasteiger partial charge in [0.1, 0.15) is 0 Å². The first-order valence-corrected chi connectivity index (χ1v) is 7.11. The lowest BCUT2D eigenvalue weighted by atomic mass is 9.88. The van der Waals surface area contributed by atoms with Crippen molar-refractivity contribution < 1.29 is 0 Å². The Balaban J connectivity index is 2.12. The molecular formula is C15H25N3. The van der Waals surface area contributed by atoms with E-state index in [1.54, 1.807) is 0 Å². The summed E-state index contributed by atoms with van der Waals surface area (Å²) >= 11 is 0. The molecule has 2 rings (SSSR count). The van der Waals surface area contributed by atoms with Crippen LogP contribution in [0.1, 0.15) is 32.8 Å². The lowest BCUT2D eigenvalue weighted by Crippen LogP contribution is -2.39. The van der Waals surface area contributed by atoms with Crippen molar-refractivity contribution in [2.24, 2.45) is 11.8 Å². The van der Waals surface area contributed by atoms with Gasteiger partial charge in [-0.3, -0.25) is 4.98 Å². The molecule has 0 aliphatic carbocycles. The van der Waals surface area contributed by atoms with Gasteiger partial charge in [0.05, 0.1) is 0 Å². The second-order valence-corrected chi connectivity index (χ2v) is 5.47. The summed E-state index contributed by atoms with van der Waals surface area (Å²) in [5, 5.41) is 3.40. The minimum absolute atomic E-state index is 0.777. The lowest BCUT2D eigenvalue weighted by Gasteiger charge is -2.37. The topological polar surface area (TPSA) is 28.2 Å². The summed E-state index contributed by atoms with van der Waals surface area (Å²) in [4.78, 5) is 6.79. The first-order chi connectivity index (χ1) is 8.72. The van der Waals surface area contributed by atoms with Crippen molar-refractivity contribution in [3.8, 4) is 0 Å². The van der Waals surface area contributed by atoms with Crippen LogP contribution in [0.2, 0.25) is 0 Å². The van der Waals surface area contributed by atoms with Crippen LogP contribution in [0.25, 0.3) is 0 Å². The van der Waals surface area contributed by atoms with E-state index in [9.17, 15) is 0 Å². The maximum atomic E-state index is 4.26. The Labute approximate surface area is 111 Å². The summed E-state index contributed by atoms with van der Waals surface area (Å²) in [6, 6.07) is 2.16. The van der Waals surface area contributed by atoms with Crippen LogP contribution in [0.15, 0.2) is 18.5 Å². The molecule has 18 heavy (non-hydrogen) atoms. The molecule has 1 N–H and O–H groups in total. The smallest absolute Gasteiger partial charge is 0.0442 e. The number of nitrogens with zero attached hydrogens (tertiary/aromatic N) is 2. The Hall–Kier alpha value is -1.09. The van der Waals surface area contributed by atoms with Gasteiger partial charge in [-0.25, -0.2) is 0 Å². The first-order valence-electron chi connectivity index (χ1n) is 7.11. The van der Waals surface area contributed by atoms with E-state index in [-0.39, 0.29) is 0 Å². The van der Waals surface area contributed by atoms with Crippen LogP contribution >= 0.6 is 0 Å². The Morgan fingerprint density at radius 2 is 2.22 bits per heavy atom. The van der Waals surface area contributed by atoms with E-state index in [0.717, 1.165) is 24.9 Å². The van der Waals surface area contributed by atoms with Crippen molar-refractivity contribution in [1.29, 1.82) is 0 Å². The number of rotatable bonds is 4. The second-order valence-electron chi connectivity index (χ2n) is 5.47. The number of nitrogens with one attached hydrogen (secondary N) is 1. The van der Waals surface area contributed by atoms with Crippen LogP contribution in [-0.4, -0.2) is 24.6 Å². The van der Waals surface area contributed by atoms with Gasteiger partial charge in [-0.05, 0) is 30.9 Å². The minimum atomic E-state index is 0.777. The normalized spacial score (nSPS) is 24.3. The van der Waals surface area contributed by atoms with E-state index in [0.29, 0.717) is 0 Å². The molecule has 1 aromatic heterocycles. The zero-order chi connectivity index (χ0) is 13.0. The van der Waals surface area contributed by atoms with E-state index >= 15 is 0 Å². The maximum Gasteiger partial charge on any atom is 0.0442 e. The number of anilines is 1. The van der Waals surface area contributed by atoms with Crippen molar-refractivity contribution in [3.63, 3.8) is 0 Å². The van der Waals surface area contributed by atoms with Crippen LogP contribution in [0.4, 0.5) is 5.69 Å². The highest BCUT2D eigenvalue weighted by Crippen LogP contribution is 2.28. The molecule has 3 nitrogen and oxygen atoms in total. The molecule has 2 atom stereocenters. The molecule has 0 aromatic carbocycles. The molecule has 1 aliphatic rings. The molecule has 1 fully saturated rings. The standard InChI is InChI=1S/C15H25N3/c1-4-16-9-14-10-17-7-5-15(14)18-8-6-12(2)13(3)11-18/h5,7,10,12-13,16H,4,6,8-9,11H2,1-3H3.